The molecule has 154 valence electrons. The SMILES string of the molecule is CC(C)(C)CCC(C)(C)C(C)(C)C.CC(CCC(C)(C)C)C(C)(C)C. The largest absolute Gasteiger partial charge is 0.0620 e. The monoisotopic (exact) mass is 354 g/mol. The van der Waals surface area contributed by atoms with Gasteiger partial charge in [0.05, 0.1) is 0 Å². The van der Waals surface area contributed by atoms with Gasteiger partial charge in [-0.2, -0.15) is 0 Å². The van der Waals surface area contributed by atoms with Crippen LogP contribution in [-0.2, 0) is 0 Å². The molecule has 0 radical (unpaired) electrons. The van der Waals surface area contributed by atoms with Crippen LogP contribution in [-0.4, -0.2) is 0 Å². The van der Waals surface area contributed by atoms with E-state index in [1.165, 1.54) is 25.7 Å². The van der Waals surface area contributed by atoms with Gasteiger partial charge in [0.15, 0.2) is 0 Å². The van der Waals surface area contributed by atoms with Crippen molar-refractivity contribution in [3.8, 4) is 0 Å². The highest BCUT2D eigenvalue weighted by molar-refractivity contribution is 4.83. The normalized spacial score (nSPS) is 15.5. The summed E-state index contributed by atoms with van der Waals surface area (Å²) in [6.45, 7) is 35.1. The fraction of sp³-hybridized carbons (Fsp3) is 1.00. The zero-order valence-corrected chi connectivity index (χ0v) is 20.9. The van der Waals surface area contributed by atoms with Crippen LogP contribution >= 0.6 is 0 Å². The van der Waals surface area contributed by atoms with E-state index in [-0.39, 0.29) is 0 Å². The molecule has 1 atom stereocenters. The van der Waals surface area contributed by atoms with Gasteiger partial charge in [-0.15, -0.1) is 0 Å². The quantitative estimate of drug-likeness (QED) is 0.471. The Bertz CT molecular complexity index is 343. The van der Waals surface area contributed by atoms with Crippen molar-refractivity contribution in [1.82, 2.24) is 0 Å². The first kappa shape index (κ1) is 27.2. The standard InChI is InChI=1S/C13H28.C12H26/c1-11(2,3)9-10-13(7,8)12(4,5)6;1-10(12(5,6)7)8-9-11(2,3)4/h9-10H2,1-8H3;10H,8-9H2,1-7H3. The highest BCUT2D eigenvalue weighted by Gasteiger charge is 2.33. The van der Waals surface area contributed by atoms with Crippen LogP contribution in [0.15, 0.2) is 0 Å². The Balaban J connectivity index is 0. The van der Waals surface area contributed by atoms with Crippen molar-refractivity contribution in [2.75, 3.05) is 0 Å². The maximum absolute atomic E-state index is 2.39. The van der Waals surface area contributed by atoms with Gasteiger partial charge in [0.2, 0.25) is 0 Å². The summed E-state index contributed by atoms with van der Waals surface area (Å²) in [5.74, 6) is 0.830. The molecule has 0 spiro atoms. The third-order valence-electron chi connectivity index (χ3n) is 6.34. The third-order valence-corrected chi connectivity index (χ3v) is 6.34. The Kier molecular flexibility index (Phi) is 10.1. The molecule has 0 bridgehead atoms. The minimum absolute atomic E-state index is 0.415. The lowest BCUT2D eigenvalue weighted by Gasteiger charge is -2.40. The average molecular weight is 355 g/mol. The van der Waals surface area contributed by atoms with Crippen molar-refractivity contribution >= 4 is 0 Å². The molecule has 0 saturated heterocycles. The van der Waals surface area contributed by atoms with Gasteiger partial charge in [-0.05, 0) is 58.7 Å². The molecular formula is C25H54. The first-order chi connectivity index (χ1) is 10.6. The highest BCUT2D eigenvalue weighted by Crippen LogP contribution is 2.43. The van der Waals surface area contributed by atoms with Crippen LogP contribution in [0.4, 0.5) is 0 Å². The van der Waals surface area contributed by atoms with Gasteiger partial charge in [-0.3, -0.25) is 0 Å². The molecule has 0 nitrogen and oxygen atoms in total. The second kappa shape index (κ2) is 9.27. The first-order valence-corrected chi connectivity index (χ1v) is 10.6. The summed E-state index contributed by atoms with van der Waals surface area (Å²) in [5, 5.41) is 0. The molecule has 0 aromatic rings. The van der Waals surface area contributed by atoms with Crippen LogP contribution in [0.25, 0.3) is 0 Å². The van der Waals surface area contributed by atoms with E-state index < -0.39 is 0 Å². The predicted molar refractivity (Wildman–Crippen MR) is 119 cm³/mol. The Hall–Kier alpha value is 0. The first-order valence-electron chi connectivity index (χ1n) is 10.6. The zero-order valence-electron chi connectivity index (χ0n) is 20.9. The number of rotatable bonds is 4. The topological polar surface area (TPSA) is 0 Å². The van der Waals surface area contributed by atoms with Crippen LogP contribution in [0.1, 0.15) is 130 Å². The predicted octanol–water partition coefficient (Wildman–Crippen LogP) is 9.38. The van der Waals surface area contributed by atoms with Crippen molar-refractivity contribution in [2.24, 2.45) is 33.0 Å². The van der Waals surface area contributed by atoms with Crippen LogP contribution in [0.2, 0.25) is 0 Å². The molecule has 0 N–H and O–H groups in total. The Morgan fingerprint density at radius 2 is 0.880 bits per heavy atom. The van der Waals surface area contributed by atoms with Crippen molar-refractivity contribution < 1.29 is 0 Å². The maximum atomic E-state index is 2.39. The minimum Gasteiger partial charge on any atom is -0.0620 e. The van der Waals surface area contributed by atoms with Crippen molar-refractivity contribution in [3.05, 3.63) is 0 Å². The number of hydrogen-bond acceptors (Lipinski definition) is 0. The maximum Gasteiger partial charge on any atom is -0.0305 e. The van der Waals surface area contributed by atoms with Gasteiger partial charge in [0.1, 0.15) is 0 Å². The van der Waals surface area contributed by atoms with Crippen LogP contribution in [0, 0.1) is 33.0 Å². The second-order valence-electron chi connectivity index (χ2n) is 13.6. The lowest BCUT2D eigenvalue weighted by molar-refractivity contribution is 0.101. The van der Waals surface area contributed by atoms with Gasteiger partial charge in [0, 0.05) is 0 Å². The molecule has 0 fully saturated rings. The molecular weight excluding hydrogens is 300 g/mol. The van der Waals surface area contributed by atoms with E-state index in [1.807, 2.05) is 0 Å². The van der Waals surface area contributed by atoms with E-state index in [4.69, 9.17) is 0 Å². The molecule has 0 saturated carbocycles. The molecule has 25 heavy (non-hydrogen) atoms. The van der Waals surface area contributed by atoms with Gasteiger partial charge >= 0.3 is 0 Å². The average Bonchev–Trinajstić information content (AvgIpc) is 2.30. The summed E-state index contributed by atoms with van der Waals surface area (Å²) >= 11 is 0. The van der Waals surface area contributed by atoms with Gasteiger partial charge in [0.25, 0.3) is 0 Å². The minimum atomic E-state index is 0.415. The molecule has 0 aromatic carbocycles. The van der Waals surface area contributed by atoms with E-state index in [9.17, 15) is 0 Å². The van der Waals surface area contributed by atoms with E-state index in [0.717, 1.165) is 5.92 Å². The molecule has 1 unspecified atom stereocenters. The molecule has 0 aliphatic carbocycles. The van der Waals surface area contributed by atoms with Crippen molar-refractivity contribution in [1.29, 1.82) is 0 Å². The molecule has 0 aliphatic heterocycles. The van der Waals surface area contributed by atoms with Crippen molar-refractivity contribution in [3.63, 3.8) is 0 Å². The fourth-order valence-electron chi connectivity index (χ4n) is 2.15. The Morgan fingerprint density at radius 1 is 0.520 bits per heavy atom. The van der Waals surface area contributed by atoms with Crippen molar-refractivity contribution in [2.45, 2.75) is 130 Å². The third kappa shape index (κ3) is 14.8. The van der Waals surface area contributed by atoms with E-state index >= 15 is 0 Å². The Labute approximate surface area is 163 Å². The zero-order chi connectivity index (χ0) is 20.9. The summed E-state index contributed by atoms with van der Waals surface area (Å²) in [6.07, 6.45) is 5.33. The molecule has 0 heterocycles. The van der Waals surface area contributed by atoms with Crippen LogP contribution in [0.5, 0.6) is 0 Å². The molecule has 0 aromatic heterocycles. The second-order valence-corrected chi connectivity index (χ2v) is 13.6. The Morgan fingerprint density at radius 3 is 1.12 bits per heavy atom. The summed E-state index contributed by atoms with van der Waals surface area (Å²) in [6, 6.07) is 0. The molecule has 0 amide bonds. The van der Waals surface area contributed by atoms with Crippen LogP contribution in [0.3, 0.4) is 0 Å². The molecule has 0 rings (SSSR count). The van der Waals surface area contributed by atoms with E-state index in [1.54, 1.807) is 0 Å². The summed E-state index contributed by atoms with van der Waals surface area (Å²) in [5.41, 5.74) is 2.31. The van der Waals surface area contributed by atoms with E-state index in [2.05, 4.69) is 104 Å². The lowest BCUT2D eigenvalue weighted by Crippen LogP contribution is -2.30. The van der Waals surface area contributed by atoms with Gasteiger partial charge in [-0.25, -0.2) is 0 Å². The van der Waals surface area contributed by atoms with Gasteiger partial charge in [-0.1, -0.05) is 104 Å². The van der Waals surface area contributed by atoms with Gasteiger partial charge < -0.3 is 0 Å². The number of hydrogen-bond donors (Lipinski definition) is 0. The lowest BCUT2D eigenvalue weighted by atomic mass is 9.65. The fourth-order valence-corrected chi connectivity index (χ4v) is 2.15. The molecule has 0 heteroatoms. The van der Waals surface area contributed by atoms with Crippen LogP contribution < -0.4 is 0 Å². The summed E-state index contributed by atoms with van der Waals surface area (Å²) in [4.78, 5) is 0. The summed E-state index contributed by atoms with van der Waals surface area (Å²) in [7, 11) is 0. The van der Waals surface area contributed by atoms with E-state index in [0.29, 0.717) is 27.1 Å². The smallest absolute Gasteiger partial charge is 0.0305 e. The highest BCUT2D eigenvalue weighted by atomic mass is 14.4. The summed E-state index contributed by atoms with van der Waals surface area (Å²) < 4.78 is 0. The molecule has 0 aliphatic rings.